The number of amidine groups is 1. The van der Waals surface area contributed by atoms with Crippen molar-refractivity contribution in [2.24, 2.45) is 4.99 Å². The van der Waals surface area contributed by atoms with Crippen LogP contribution in [0.3, 0.4) is 0 Å². The molecule has 0 saturated heterocycles. The van der Waals surface area contributed by atoms with E-state index in [2.05, 4.69) is 63.3 Å². The summed E-state index contributed by atoms with van der Waals surface area (Å²) in [7, 11) is 0. The first-order valence-electron chi connectivity index (χ1n) is 6.56. The van der Waals surface area contributed by atoms with Crippen molar-refractivity contribution in [1.29, 1.82) is 0 Å². The molecule has 0 aliphatic carbocycles. The third kappa shape index (κ3) is 4.30. The lowest BCUT2D eigenvalue weighted by Gasteiger charge is -2.14. The molecule has 0 aromatic heterocycles. The summed E-state index contributed by atoms with van der Waals surface area (Å²) in [6, 6.07) is 8.23. The van der Waals surface area contributed by atoms with E-state index in [-0.39, 0.29) is 20.7 Å². The fraction of sp³-hybridized carbons (Fsp3) is 0.176. The van der Waals surface area contributed by atoms with Crippen molar-refractivity contribution in [3.63, 3.8) is 0 Å². The Kier molecular flexibility index (Phi) is 5.34. The lowest BCUT2D eigenvalue weighted by Crippen LogP contribution is -2.18. The zero-order valence-electron chi connectivity index (χ0n) is 12.2. The highest BCUT2D eigenvalue weighted by atomic mass is 127. The molecule has 108 valence electrons. The number of allylic oxidation sites excluding steroid dienone is 2. The normalized spacial score (nSPS) is 13.9. The molecule has 0 saturated carbocycles. The molecule has 4 heteroatoms. The largest absolute Gasteiger partial charge is 0.359 e. The second-order valence-corrected chi connectivity index (χ2v) is 6.96. The molecule has 0 spiro atoms. The smallest absolute Gasteiger partial charge is 0.165 e. The second kappa shape index (κ2) is 7.23. The standard InChI is InChI=1S/C17H18IN3/c1-5-10-19-16-13(4)11-18-17(21-16)20-15-8-6-14(7-9-15)12(2)3/h1,6-9,11H,2,10H2,3-4H3,(H2,19,20,21). The van der Waals surface area contributed by atoms with E-state index < -0.39 is 0 Å². The van der Waals surface area contributed by atoms with Crippen LogP contribution >= 0.6 is 20.7 Å². The molecule has 0 atom stereocenters. The van der Waals surface area contributed by atoms with E-state index in [1.807, 2.05) is 6.92 Å². The maximum absolute atomic E-state index is 5.28. The van der Waals surface area contributed by atoms with Crippen LogP contribution in [0.5, 0.6) is 0 Å². The van der Waals surface area contributed by atoms with Crippen LogP contribution < -0.4 is 10.6 Å². The number of benzene rings is 1. The molecule has 1 aliphatic rings. The van der Waals surface area contributed by atoms with Crippen molar-refractivity contribution in [3.8, 4) is 12.3 Å². The van der Waals surface area contributed by atoms with Crippen LogP contribution in [0.1, 0.15) is 19.4 Å². The number of anilines is 1. The van der Waals surface area contributed by atoms with Crippen molar-refractivity contribution < 1.29 is 0 Å². The third-order valence-electron chi connectivity index (χ3n) is 2.89. The summed E-state index contributed by atoms with van der Waals surface area (Å²) in [6.45, 7) is 8.49. The molecule has 2 rings (SSSR count). The van der Waals surface area contributed by atoms with Crippen LogP contribution in [0.15, 0.2) is 47.2 Å². The van der Waals surface area contributed by atoms with Gasteiger partial charge in [0.1, 0.15) is 5.82 Å². The Balaban J connectivity index is 2.11. The van der Waals surface area contributed by atoms with Crippen LogP contribution in [0.2, 0.25) is 0 Å². The highest BCUT2D eigenvalue weighted by Crippen LogP contribution is 2.20. The number of nitrogens with zero attached hydrogens (tertiary/aromatic N) is 1. The Labute approximate surface area is 136 Å². The molecule has 21 heavy (non-hydrogen) atoms. The minimum atomic E-state index is -0.234. The van der Waals surface area contributed by atoms with Gasteiger partial charge in [-0.05, 0) is 61.9 Å². The second-order valence-electron chi connectivity index (χ2n) is 4.69. The van der Waals surface area contributed by atoms with Gasteiger partial charge in [0.25, 0.3) is 0 Å². The maximum Gasteiger partial charge on any atom is 0.165 e. The van der Waals surface area contributed by atoms with Gasteiger partial charge in [0.2, 0.25) is 0 Å². The molecule has 0 radical (unpaired) electrons. The molecule has 1 aromatic carbocycles. The molecule has 0 amide bonds. The molecule has 0 fully saturated rings. The van der Waals surface area contributed by atoms with Gasteiger partial charge in [-0.15, -0.1) is 6.42 Å². The van der Waals surface area contributed by atoms with Crippen molar-refractivity contribution in [3.05, 3.63) is 47.8 Å². The fourth-order valence-corrected chi connectivity index (χ4v) is 3.63. The monoisotopic (exact) mass is 391 g/mol. The molecule has 2 N–H and O–H groups in total. The number of rotatable bonds is 4. The van der Waals surface area contributed by atoms with Crippen LogP contribution in [-0.4, -0.2) is 14.4 Å². The molecule has 1 heterocycles. The molecule has 1 aromatic rings. The number of halogens is 1. The van der Waals surface area contributed by atoms with Crippen LogP contribution in [0, 0.1) is 12.3 Å². The van der Waals surface area contributed by atoms with E-state index in [1.54, 1.807) is 0 Å². The summed E-state index contributed by atoms with van der Waals surface area (Å²) < 4.78 is 3.26. The quantitative estimate of drug-likeness (QED) is 0.466. The van der Waals surface area contributed by atoms with Gasteiger partial charge in [-0.2, -0.15) is 0 Å². The van der Waals surface area contributed by atoms with Gasteiger partial charge in [0, 0.05) is 5.69 Å². The minimum Gasteiger partial charge on any atom is -0.359 e. The Morgan fingerprint density at radius 3 is 2.71 bits per heavy atom. The van der Waals surface area contributed by atoms with E-state index in [1.165, 1.54) is 5.57 Å². The van der Waals surface area contributed by atoms with Gasteiger partial charge in [-0.25, -0.2) is 4.99 Å². The van der Waals surface area contributed by atoms with Crippen LogP contribution in [0.25, 0.3) is 5.57 Å². The van der Waals surface area contributed by atoms with Crippen LogP contribution in [-0.2, 0) is 0 Å². The number of terminal acetylenes is 1. The summed E-state index contributed by atoms with van der Waals surface area (Å²) in [4.78, 5) is 4.63. The molecule has 0 unspecified atom stereocenters. The molecule has 0 bridgehead atoms. The van der Waals surface area contributed by atoms with E-state index in [0.717, 1.165) is 26.5 Å². The molecule has 1 aliphatic heterocycles. The van der Waals surface area contributed by atoms with Gasteiger partial charge in [-0.1, -0.05) is 30.2 Å². The summed E-state index contributed by atoms with van der Waals surface area (Å²) >= 11 is -0.234. The number of nitrogens with one attached hydrogen (secondary N) is 2. The van der Waals surface area contributed by atoms with E-state index >= 15 is 0 Å². The number of aliphatic imine (C=N–C) groups is 1. The van der Waals surface area contributed by atoms with Gasteiger partial charge >= 0.3 is 0 Å². The van der Waals surface area contributed by atoms with Crippen molar-refractivity contribution >= 4 is 39.8 Å². The Bertz CT molecular complexity index is 673. The Morgan fingerprint density at radius 2 is 2.10 bits per heavy atom. The highest BCUT2D eigenvalue weighted by Gasteiger charge is 2.07. The van der Waals surface area contributed by atoms with E-state index in [9.17, 15) is 0 Å². The number of hydrogen-bond donors (Lipinski definition) is 2. The van der Waals surface area contributed by atoms with Gasteiger partial charge < -0.3 is 10.6 Å². The summed E-state index contributed by atoms with van der Waals surface area (Å²) in [5, 5.41) is 6.54. The zero-order valence-corrected chi connectivity index (χ0v) is 14.4. The number of hydrogen-bond acceptors (Lipinski definition) is 3. The topological polar surface area (TPSA) is 36.4 Å². The average Bonchev–Trinajstić information content (AvgIpc) is 2.48. The lowest BCUT2D eigenvalue weighted by molar-refractivity contribution is 0.894. The van der Waals surface area contributed by atoms with Gasteiger partial charge in [0.05, 0.1) is 6.54 Å². The van der Waals surface area contributed by atoms with E-state index in [4.69, 9.17) is 6.42 Å². The van der Waals surface area contributed by atoms with Gasteiger partial charge in [0.15, 0.2) is 3.84 Å². The predicted octanol–water partition coefficient (Wildman–Crippen LogP) is 3.73. The summed E-state index contributed by atoms with van der Waals surface area (Å²) in [6.07, 6.45) is 5.28. The van der Waals surface area contributed by atoms with Crippen molar-refractivity contribution in [2.45, 2.75) is 13.8 Å². The lowest BCUT2D eigenvalue weighted by atomic mass is 10.1. The summed E-state index contributed by atoms with van der Waals surface area (Å²) in [5.41, 5.74) is 4.43. The predicted molar refractivity (Wildman–Crippen MR) is 102 cm³/mol. The summed E-state index contributed by atoms with van der Waals surface area (Å²) in [5.74, 6) is 3.43. The Morgan fingerprint density at radius 1 is 1.38 bits per heavy atom. The van der Waals surface area contributed by atoms with Crippen molar-refractivity contribution in [2.75, 3.05) is 11.9 Å². The minimum absolute atomic E-state index is 0.234. The van der Waals surface area contributed by atoms with Crippen molar-refractivity contribution in [1.82, 2.24) is 5.32 Å². The Hall–Kier alpha value is -1.87. The first kappa shape index (κ1) is 15.5. The third-order valence-corrected chi connectivity index (χ3v) is 5.23. The maximum atomic E-state index is 5.28. The van der Waals surface area contributed by atoms with Gasteiger partial charge in [-0.3, -0.25) is 0 Å². The highest BCUT2D eigenvalue weighted by molar-refractivity contribution is 14.2. The first-order valence-corrected chi connectivity index (χ1v) is 8.89. The molecular weight excluding hydrogens is 373 g/mol. The molecular formula is C17H18IN3. The zero-order chi connectivity index (χ0) is 15.2. The molecule has 3 nitrogen and oxygen atoms in total. The van der Waals surface area contributed by atoms with E-state index in [0.29, 0.717) is 6.54 Å². The average molecular weight is 391 g/mol. The van der Waals surface area contributed by atoms with Crippen LogP contribution in [0.4, 0.5) is 5.69 Å². The SMILES string of the molecule is C#CCNC1=C(C)C=IC(Nc2ccc(C(=C)C)cc2)=N1. The fourth-order valence-electron chi connectivity index (χ4n) is 1.72. The first-order chi connectivity index (χ1) is 10.1.